The summed E-state index contributed by atoms with van der Waals surface area (Å²) in [5.74, 6) is 0.684. The van der Waals surface area contributed by atoms with Crippen molar-refractivity contribution in [1.82, 2.24) is 15.1 Å². The molecule has 0 aromatic heterocycles. The molecule has 5 atom stereocenters. The molecule has 0 spiro atoms. The number of nitrogens with zero attached hydrogens (tertiary/aromatic N) is 2. The maximum atomic E-state index is 13.5. The topological polar surface area (TPSA) is 61.9 Å². The van der Waals surface area contributed by atoms with Gasteiger partial charge in [-0.15, -0.1) is 0 Å². The van der Waals surface area contributed by atoms with E-state index in [1.54, 1.807) is 0 Å². The van der Waals surface area contributed by atoms with E-state index in [-0.39, 0.29) is 12.1 Å². The van der Waals surface area contributed by atoms with E-state index in [1.807, 2.05) is 35.2 Å². The lowest BCUT2D eigenvalue weighted by atomic mass is 9.68. The van der Waals surface area contributed by atoms with E-state index in [4.69, 9.17) is 4.74 Å². The molecule has 1 aliphatic carbocycles. The molecular formula is C25H33N3O3. The summed E-state index contributed by atoms with van der Waals surface area (Å²) >= 11 is 0. The number of likely N-dealkylation sites (tertiary alicyclic amines) is 1. The van der Waals surface area contributed by atoms with Gasteiger partial charge in [0.25, 0.3) is 0 Å². The first kappa shape index (κ1) is 20.6. The highest BCUT2D eigenvalue weighted by molar-refractivity contribution is 5.85. The van der Waals surface area contributed by atoms with Gasteiger partial charge in [0.15, 0.2) is 6.04 Å². The van der Waals surface area contributed by atoms with Crippen molar-refractivity contribution >= 4 is 12.0 Å². The van der Waals surface area contributed by atoms with Gasteiger partial charge in [-0.05, 0) is 56.0 Å². The summed E-state index contributed by atoms with van der Waals surface area (Å²) in [5.41, 5.74) is 2.19. The van der Waals surface area contributed by atoms with Gasteiger partial charge in [-0.2, -0.15) is 0 Å². The standard InChI is InChI=1S/C25H33N3O3/c1-31-24(29)22(17-8-3-2-4-9-17)26-25(30)28-13-7-10-18-14-19-15-20(23(18)28)16-27-12-6-5-11-21(19)27/h2-4,8-9,14,19-23H,5-7,10-13,15-16H2,1H3,(H,26,30)/t19-,20-,21-,22+,23+/m0/s1. The van der Waals surface area contributed by atoms with Gasteiger partial charge in [-0.25, -0.2) is 9.59 Å². The van der Waals surface area contributed by atoms with Crippen LogP contribution in [0.25, 0.3) is 0 Å². The van der Waals surface area contributed by atoms with E-state index < -0.39 is 12.0 Å². The van der Waals surface area contributed by atoms with Gasteiger partial charge >= 0.3 is 12.0 Å². The number of amides is 2. The second-order valence-electron chi connectivity index (χ2n) is 9.52. The first-order valence-corrected chi connectivity index (χ1v) is 11.8. The number of ether oxygens (including phenoxy) is 1. The minimum Gasteiger partial charge on any atom is -0.467 e. The molecule has 3 heterocycles. The Balaban J connectivity index is 1.38. The molecule has 0 saturated carbocycles. The SMILES string of the molecule is COC(=O)[C@H](NC(=O)N1CCCC2=C[C@H]3C[C@@H](CN4CCCC[C@@H]34)[C@@H]21)c1ccccc1. The van der Waals surface area contributed by atoms with E-state index in [1.165, 1.54) is 44.9 Å². The number of rotatable bonds is 3. The molecule has 2 bridgehead atoms. The fourth-order valence-electron chi connectivity index (χ4n) is 6.45. The van der Waals surface area contributed by atoms with Crippen molar-refractivity contribution in [2.75, 3.05) is 26.7 Å². The Morgan fingerprint density at radius 1 is 1.13 bits per heavy atom. The normalized spacial score (nSPS) is 31.0. The molecule has 0 radical (unpaired) electrons. The van der Waals surface area contributed by atoms with E-state index >= 15 is 0 Å². The summed E-state index contributed by atoms with van der Waals surface area (Å²) in [4.78, 5) is 30.6. The van der Waals surface area contributed by atoms with Crippen LogP contribution in [0.5, 0.6) is 0 Å². The van der Waals surface area contributed by atoms with Crippen LogP contribution in [-0.4, -0.2) is 60.6 Å². The highest BCUT2D eigenvalue weighted by Gasteiger charge is 2.47. The largest absolute Gasteiger partial charge is 0.467 e. The number of methoxy groups -OCH3 is 1. The van der Waals surface area contributed by atoms with Gasteiger partial charge in [-0.3, -0.25) is 4.90 Å². The third-order valence-electron chi connectivity index (χ3n) is 7.76. The highest BCUT2D eigenvalue weighted by Crippen LogP contribution is 2.45. The van der Waals surface area contributed by atoms with Crippen molar-refractivity contribution in [1.29, 1.82) is 0 Å². The van der Waals surface area contributed by atoms with Crippen LogP contribution >= 0.6 is 0 Å². The van der Waals surface area contributed by atoms with Gasteiger partial charge < -0.3 is 15.0 Å². The molecule has 6 heteroatoms. The van der Waals surface area contributed by atoms with E-state index in [9.17, 15) is 9.59 Å². The Bertz CT molecular complexity index is 855. The summed E-state index contributed by atoms with van der Waals surface area (Å²) in [6.07, 6.45) is 9.71. The second kappa shape index (κ2) is 8.65. The van der Waals surface area contributed by atoms with Crippen molar-refractivity contribution in [3.63, 3.8) is 0 Å². The minimum atomic E-state index is -0.790. The van der Waals surface area contributed by atoms with Gasteiger partial charge in [0.2, 0.25) is 0 Å². The number of carbonyl (C=O) groups excluding carboxylic acids is 2. The molecule has 3 saturated heterocycles. The smallest absolute Gasteiger partial charge is 0.333 e. The molecule has 31 heavy (non-hydrogen) atoms. The maximum Gasteiger partial charge on any atom is 0.333 e. The van der Waals surface area contributed by atoms with Crippen LogP contribution in [0.2, 0.25) is 0 Å². The Kier molecular flexibility index (Phi) is 5.74. The molecule has 6 nitrogen and oxygen atoms in total. The van der Waals surface area contributed by atoms with Crippen LogP contribution in [-0.2, 0) is 9.53 Å². The van der Waals surface area contributed by atoms with E-state index in [2.05, 4.69) is 16.3 Å². The zero-order valence-corrected chi connectivity index (χ0v) is 18.3. The highest BCUT2D eigenvalue weighted by atomic mass is 16.5. The van der Waals surface area contributed by atoms with Gasteiger partial charge in [0, 0.05) is 19.1 Å². The number of urea groups is 1. The average Bonchev–Trinajstić information content (AvgIpc) is 2.82. The molecule has 5 rings (SSSR count). The van der Waals surface area contributed by atoms with Crippen molar-refractivity contribution in [3.05, 3.63) is 47.5 Å². The molecule has 1 aromatic rings. The predicted octanol–water partition coefficient (Wildman–Crippen LogP) is 3.51. The third kappa shape index (κ3) is 3.86. The molecule has 2 amide bonds. The second-order valence-corrected chi connectivity index (χ2v) is 9.52. The van der Waals surface area contributed by atoms with Crippen LogP contribution in [0.4, 0.5) is 4.79 Å². The molecule has 1 N–H and O–H groups in total. The fraction of sp³-hybridized carbons (Fsp3) is 0.600. The zero-order valence-electron chi connectivity index (χ0n) is 18.3. The van der Waals surface area contributed by atoms with Crippen molar-refractivity contribution < 1.29 is 14.3 Å². The molecule has 1 aromatic carbocycles. The Hall–Kier alpha value is -2.34. The van der Waals surface area contributed by atoms with Gasteiger partial charge in [0.1, 0.15) is 0 Å². The number of hydrogen-bond acceptors (Lipinski definition) is 4. The fourth-order valence-corrected chi connectivity index (χ4v) is 6.45. The first-order valence-electron chi connectivity index (χ1n) is 11.8. The van der Waals surface area contributed by atoms with Crippen molar-refractivity contribution in [2.24, 2.45) is 11.8 Å². The van der Waals surface area contributed by atoms with Crippen LogP contribution in [0.1, 0.15) is 50.1 Å². The zero-order chi connectivity index (χ0) is 21.4. The Morgan fingerprint density at radius 3 is 2.77 bits per heavy atom. The molecule has 0 unspecified atom stereocenters. The monoisotopic (exact) mass is 423 g/mol. The van der Waals surface area contributed by atoms with Crippen LogP contribution in [0, 0.1) is 11.8 Å². The summed E-state index contributed by atoms with van der Waals surface area (Å²) < 4.78 is 5.00. The predicted molar refractivity (Wildman–Crippen MR) is 118 cm³/mol. The molecule has 3 fully saturated rings. The molecular weight excluding hydrogens is 390 g/mol. The lowest BCUT2D eigenvalue weighted by Gasteiger charge is -2.54. The quantitative estimate of drug-likeness (QED) is 0.597. The van der Waals surface area contributed by atoms with Crippen molar-refractivity contribution in [2.45, 2.75) is 56.7 Å². The number of piperidine rings is 3. The number of carbonyl (C=O) groups is 2. The Labute approximate surface area is 184 Å². The van der Waals surface area contributed by atoms with Crippen molar-refractivity contribution in [3.8, 4) is 0 Å². The number of esters is 1. The van der Waals surface area contributed by atoms with E-state index in [0.29, 0.717) is 17.9 Å². The lowest BCUT2D eigenvalue weighted by molar-refractivity contribution is -0.143. The average molecular weight is 424 g/mol. The maximum absolute atomic E-state index is 13.5. The lowest BCUT2D eigenvalue weighted by Crippen LogP contribution is -2.61. The number of benzene rings is 1. The minimum absolute atomic E-state index is 0.155. The summed E-state index contributed by atoms with van der Waals surface area (Å²) in [6.45, 7) is 3.02. The van der Waals surface area contributed by atoms with Crippen LogP contribution < -0.4 is 5.32 Å². The van der Waals surface area contributed by atoms with Crippen LogP contribution in [0.3, 0.4) is 0 Å². The molecule has 166 valence electrons. The van der Waals surface area contributed by atoms with E-state index in [0.717, 1.165) is 31.5 Å². The summed E-state index contributed by atoms with van der Waals surface area (Å²) in [5, 5.41) is 2.99. The van der Waals surface area contributed by atoms with Crippen LogP contribution in [0.15, 0.2) is 42.0 Å². The Morgan fingerprint density at radius 2 is 1.97 bits per heavy atom. The van der Waals surface area contributed by atoms with Gasteiger partial charge in [0.05, 0.1) is 13.2 Å². The molecule has 4 aliphatic rings. The number of fused-ring (bicyclic) bond motifs is 6. The molecule has 3 aliphatic heterocycles. The number of nitrogens with one attached hydrogen (secondary N) is 1. The summed E-state index contributed by atoms with van der Waals surface area (Å²) in [6, 6.07) is 9.26. The number of hydrogen-bond donors (Lipinski definition) is 1. The summed E-state index contributed by atoms with van der Waals surface area (Å²) in [7, 11) is 1.37. The first-order chi connectivity index (χ1) is 15.2. The third-order valence-corrected chi connectivity index (χ3v) is 7.76. The van der Waals surface area contributed by atoms with Gasteiger partial charge in [-0.1, -0.05) is 48.4 Å².